The molecular weight excluding hydrogens is 367 g/mol. The zero-order valence-electron chi connectivity index (χ0n) is 15.8. The van der Waals surface area contributed by atoms with Crippen molar-refractivity contribution >= 4 is 24.4 Å². The molecule has 0 amide bonds. The Labute approximate surface area is 163 Å². The molecule has 0 unspecified atom stereocenters. The van der Waals surface area contributed by atoms with Gasteiger partial charge in [-0.05, 0) is 57.6 Å². The van der Waals surface area contributed by atoms with Gasteiger partial charge in [0.2, 0.25) is 0 Å². The smallest absolute Gasteiger partial charge is 0.327 e. The number of ether oxygens (including phenoxy) is 1. The van der Waals surface area contributed by atoms with Crippen molar-refractivity contribution in [2.45, 2.75) is 68.6 Å². The van der Waals surface area contributed by atoms with E-state index in [9.17, 15) is 14.7 Å². The van der Waals surface area contributed by atoms with Gasteiger partial charge in [-0.25, -0.2) is 4.39 Å². The highest BCUT2D eigenvalue weighted by Gasteiger charge is 2.84. The molecule has 146 valence electrons. The molecule has 5 aliphatic rings. The molecule has 6 heteroatoms. The van der Waals surface area contributed by atoms with Crippen LogP contribution in [0.2, 0.25) is 0 Å². The molecule has 0 bridgehead atoms. The highest BCUT2D eigenvalue weighted by Crippen LogP contribution is 2.75. The van der Waals surface area contributed by atoms with Crippen molar-refractivity contribution in [1.29, 1.82) is 0 Å². The summed E-state index contributed by atoms with van der Waals surface area (Å²) in [4.78, 5) is 24.3. The summed E-state index contributed by atoms with van der Waals surface area (Å²) in [6, 6.07) is 0. The first-order valence-corrected chi connectivity index (χ1v) is 10.2. The Morgan fingerprint density at radius 3 is 2.59 bits per heavy atom. The van der Waals surface area contributed by atoms with Gasteiger partial charge in [-0.15, -0.1) is 0 Å². The quantitative estimate of drug-likeness (QED) is 0.491. The number of aliphatic hydroxyl groups is 1. The van der Waals surface area contributed by atoms with Crippen molar-refractivity contribution in [2.24, 2.45) is 22.7 Å². The number of allylic oxidation sites excluding steroid dienone is 4. The van der Waals surface area contributed by atoms with Crippen LogP contribution in [0.4, 0.5) is 4.39 Å². The number of esters is 1. The standard InChI is InChI=1S/C21H25FO4S/c1-17-7-6-12(23)8-11(17)4-5-13-14-9-19(3)21(27,16(25)26-19)18(14,2)10-15(24)20(13,17)22/h6-8,13-15,24,27H,4-5,9-10H2,1-3H3/t13-,14-,15-,17-,18-,19+,20-,21+/m0/s1. The first-order valence-electron chi connectivity index (χ1n) is 9.71. The molecule has 1 N–H and O–H groups in total. The summed E-state index contributed by atoms with van der Waals surface area (Å²) in [6.45, 7) is 5.64. The molecule has 3 saturated carbocycles. The summed E-state index contributed by atoms with van der Waals surface area (Å²) in [6.07, 6.45) is 5.23. The summed E-state index contributed by atoms with van der Waals surface area (Å²) in [5, 5.41) is 11.2. The number of fused-ring (bicyclic) bond motifs is 7. The maximum Gasteiger partial charge on any atom is 0.327 e. The van der Waals surface area contributed by atoms with Crippen molar-refractivity contribution < 1.29 is 23.8 Å². The number of alkyl halides is 1. The van der Waals surface area contributed by atoms with Gasteiger partial charge in [-0.3, -0.25) is 9.59 Å². The largest absolute Gasteiger partial charge is 0.456 e. The third kappa shape index (κ3) is 1.61. The highest BCUT2D eigenvalue weighted by atomic mass is 32.1. The molecule has 1 heterocycles. The van der Waals surface area contributed by atoms with Crippen LogP contribution in [0.25, 0.3) is 0 Å². The molecule has 0 aromatic rings. The molecule has 4 fully saturated rings. The van der Waals surface area contributed by atoms with Crippen LogP contribution in [0.1, 0.15) is 46.5 Å². The predicted molar refractivity (Wildman–Crippen MR) is 100.0 cm³/mol. The van der Waals surface area contributed by atoms with Gasteiger partial charge in [0.15, 0.2) is 16.2 Å². The highest BCUT2D eigenvalue weighted by molar-refractivity contribution is 7.83. The lowest BCUT2D eigenvalue weighted by Gasteiger charge is -2.63. The summed E-state index contributed by atoms with van der Waals surface area (Å²) in [7, 11) is 0. The van der Waals surface area contributed by atoms with Gasteiger partial charge in [0.05, 0.1) is 6.10 Å². The minimum Gasteiger partial charge on any atom is -0.456 e. The predicted octanol–water partition coefficient (Wildman–Crippen LogP) is 2.95. The maximum absolute atomic E-state index is 16.9. The number of rotatable bonds is 0. The van der Waals surface area contributed by atoms with Crippen LogP contribution in [-0.2, 0) is 14.3 Å². The van der Waals surface area contributed by atoms with Crippen LogP contribution in [0.3, 0.4) is 0 Å². The number of hydrogen-bond acceptors (Lipinski definition) is 5. The molecule has 0 spiro atoms. The second-order valence-electron chi connectivity index (χ2n) is 9.80. The summed E-state index contributed by atoms with van der Waals surface area (Å²) in [5.41, 5.74) is -3.50. The molecular formula is C21H25FO4S. The van der Waals surface area contributed by atoms with Crippen LogP contribution >= 0.6 is 12.6 Å². The molecule has 1 aliphatic heterocycles. The first kappa shape index (κ1) is 17.9. The number of halogens is 1. The monoisotopic (exact) mass is 392 g/mol. The van der Waals surface area contributed by atoms with Crippen LogP contribution in [0.15, 0.2) is 23.8 Å². The van der Waals surface area contributed by atoms with Gasteiger partial charge in [-0.1, -0.05) is 18.6 Å². The fourth-order valence-corrected chi connectivity index (χ4v) is 7.76. The van der Waals surface area contributed by atoms with E-state index in [2.05, 4.69) is 0 Å². The van der Waals surface area contributed by atoms with Crippen molar-refractivity contribution in [1.82, 2.24) is 0 Å². The van der Waals surface area contributed by atoms with Gasteiger partial charge in [0.1, 0.15) is 5.60 Å². The Bertz CT molecular complexity index is 853. The fraction of sp³-hybridized carbons (Fsp3) is 0.714. The maximum atomic E-state index is 16.9. The van der Waals surface area contributed by atoms with E-state index in [0.29, 0.717) is 19.3 Å². The molecule has 5 rings (SSSR count). The summed E-state index contributed by atoms with van der Waals surface area (Å²) >= 11 is 4.79. The van der Waals surface area contributed by atoms with Crippen molar-refractivity contribution in [2.75, 3.05) is 0 Å². The fourth-order valence-electron chi connectivity index (χ4n) is 7.32. The van der Waals surface area contributed by atoms with Gasteiger partial charge in [0.25, 0.3) is 0 Å². The van der Waals surface area contributed by atoms with Crippen LogP contribution in [0.5, 0.6) is 0 Å². The first-order chi connectivity index (χ1) is 12.4. The van der Waals surface area contributed by atoms with Gasteiger partial charge < -0.3 is 9.84 Å². The van der Waals surface area contributed by atoms with E-state index < -0.39 is 38.9 Å². The Morgan fingerprint density at radius 2 is 1.93 bits per heavy atom. The van der Waals surface area contributed by atoms with Crippen LogP contribution in [0, 0.1) is 22.7 Å². The average Bonchev–Trinajstić information content (AvgIpc) is 2.73. The van der Waals surface area contributed by atoms with Crippen molar-refractivity contribution in [3.8, 4) is 0 Å². The summed E-state index contributed by atoms with van der Waals surface area (Å²) in [5.74, 6) is -1.03. The third-order valence-corrected chi connectivity index (χ3v) is 10.0. The molecule has 0 radical (unpaired) electrons. The average molecular weight is 392 g/mol. The zero-order chi connectivity index (χ0) is 19.6. The Kier molecular flexibility index (Phi) is 3.12. The number of hydrogen-bond donors (Lipinski definition) is 2. The minimum atomic E-state index is -1.88. The van der Waals surface area contributed by atoms with Gasteiger partial charge in [0, 0.05) is 16.7 Å². The molecule has 4 nitrogen and oxygen atoms in total. The van der Waals surface area contributed by atoms with Crippen molar-refractivity contribution in [3.05, 3.63) is 23.8 Å². The topological polar surface area (TPSA) is 63.6 Å². The molecule has 1 saturated heterocycles. The van der Waals surface area contributed by atoms with E-state index in [0.717, 1.165) is 5.57 Å². The van der Waals surface area contributed by atoms with Gasteiger partial charge >= 0.3 is 5.97 Å². The SMILES string of the molecule is C[C@@]12C[C@H]3[C@@H]4CCC5=CC(=O)C=C[C@]5(C)[C@@]4(F)[C@@H](O)C[C@]3(C)[C@]1(S)C(=O)O2. The normalized spacial score (nSPS) is 58.3. The molecule has 27 heavy (non-hydrogen) atoms. The number of ketones is 1. The minimum absolute atomic E-state index is 0.121. The molecule has 8 atom stereocenters. The lowest BCUT2D eigenvalue weighted by molar-refractivity contribution is -0.214. The van der Waals surface area contributed by atoms with Gasteiger partial charge in [-0.2, -0.15) is 12.6 Å². The zero-order valence-corrected chi connectivity index (χ0v) is 16.7. The van der Waals surface area contributed by atoms with Crippen LogP contribution in [-0.4, -0.2) is 39.0 Å². The Morgan fingerprint density at radius 1 is 1.22 bits per heavy atom. The number of carbonyl (C=O) groups excluding carboxylic acids is 2. The summed E-state index contributed by atoms with van der Waals surface area (Å²) < 4.78 is 21.4. The molecule has 4 aliphatic carbocycles. The Balaban J connectivity index is 1.66. The van der Waals surface area contributed by atoms with E-state index in [1.54, 1.807) is 13.0 Å². The lowest BCUT2D eigenvalue weighted by Crippen LogP contribution is -2.73. The third-order valence-electron chi connectivity index (χ3n) is 8.85. The Hall–Kier alpha value is -1.14. The number of aliphatic hydroxyl groups excluding tert-OH is 1. The second-order valence-corrected chi connectivity index (χ2v) is 10.5. The van der Waals surface area contributed by atoms with Crippen LogP contribution < -0.4 is 0 Å². The van der Waals surface area contributed by atoms with E-state index in [1.807, 2.05) is 13.8 Å². The number of carbonyl (C=O) groups is 2. The van der Waals surface area contributed by atoms with Crippen molar-refractivity contribution in [3.63, 3.8) is 0 Å². The number of thiol groups is 1. The second kappa shape index (κ2) is 4.70. The van der Waals surface area contributed by atoms with E-state index >= 15 is 4.39 Å². The molecule has 0 aromatic heterocycles. The van der Waals surface area contributed by atoms with E-state index in [-0.39, 0.29) is 24.1 Å². The molecule has 0 aromatic carbocycles. The van der Waals surface area contributed by atoms with E-state index in [4.69, 9.17) is 17.4 Å². The van der Waals surface area contributed by atoms with E-state index in [1.165, 1.54) is 12.2 Å². The lowest BCUT2D eigenvalue weighted by atomic mass is 9.45.